The average molecular weight is 271 g/mol. The third kappa shape index (κ3) is 3.94. The van der Waals surface area contributed by atoms with Gasteiger partial charge < -0.3 is 0 Å². The molecule has 1 fully saturated rings. The summed E-state index contributed by atoms with van der Waals surface area (Å²) in [5.74, 6) is -0.102. The van der Waals surface area contributed by atoms with Gasteiger partial charge in [0, 0.05) is 50.2 Å². The Balaban J connectivity index is 1.82. The Hall–Kier alpha value is -0.640. The van der Waals surface area contributed by atoms with Crippen molar-refractivity contribution in [1.29, 1.82) is 0 Å². The van der Waals surface area contributed by atoms with E-state index in [1.807, 2.05) is 19.1 Å². The second-order valence-electron chi connectivity index (χ2n) is 4.95. The van der Waals surface area contributed by atoms with Crippen LogP contribution >= 0.6 is 11.6 Å². The van der Waals surface area contributed by atoms with E-state index < -0.39 is 0 Å². The molecule has 18 heavy (non-hydrogen) atoms. The van der Waals surface area contributed by atoms with E-state index in [2.05, 4.69) is 9.80 Å². The van der Waals surface area contributed by atoms with Gasteiger partial charge in [-0.25, -0.2) is 4.39 Å². The summed E-state index contributed by atoms with van der Waals surface area (Å²) in [7, 11) is 0. The molecule has 0 amide bonds. The number of nitrogens with zero attached hydrogens (tertiary/aromatic N) is 2. The summed E-state index contributed by atoms with van der Waals surface area (Å²) in [5, 5.41) is 0.197. The predicted octanol–water partition coefficient (Wildman–Crippen LogP) is 2.57. The third-order valence-electron chi connectivity index (χ3n) is 3.33. The van der Waals surface area contributed by atoms with Crippen LogP contribution in [-0.2, 0) is 6.54 Å². The van der Waals surface area contributed by atoms with Gasteiger partial charge in [-0.1, -0.05) is 18.2 Å². The van der Waals surface area contributed by atoms with E-state index >= 15 is 0 Å². The van der Waals surface area contributed by atoms with Crippen LogP contribution in [-0.4, -0.2) is 47.9 Å². The quantitative estimate of drug-likeness (QED) is 0.776. The van der Waals surface area contributed by atoms with Crippen LogP contribution in [0.4, 0.5) is 4.39 Å². The zero-order valence-corrected chi connectivity index (χ0v) is 11.5. The number of benzene rings is 1. The summed E-state index contributed by atoms with van der Waals surface area (Å²) >= 11 is 5.99. The van der Waals surface area contributed by atoms with Gasteiger partial charge in [0.25, 0.3) is 0 Å². The molecule has 0 radical (unpaired) electrons. The van der Waals surface area contributed by atoms with E-state index in [0.717, 1.165) is 38.3 Å². The molecule has 1 aliphatic heterocycles. The summed E-state index contributed by atoms with van der Waals surface area (Å²) in [6.45, 7) is 7.67. The fourth-order valence-corrected chi connectivity index (χ4v) is 2.55. The molecule has 0 bridgehead atoms. The summed E-state index contributed by atoms with van der Waals surface area (Å²) in [6, 6.07) is 7.02. The van der Waals surface area contributed by atoms with Gasteiger partial charge in [-0.3, -0.25) is 9.80 Å². The summed E-state index contributed by atoms with van der Waals surface area (Å²) in [4.78, 5) is 4.67. The average Bonchev–Trinajstić information content (AvgIpc) is 2.34. The van der Waals surface area contributed by atoms with Gasteiger partial charge in [-0.2, -0.15) is 0 Å². The number of rotatable bonds is 4. The van der Waals surface area contributed by atoms with Crippen molar-refractivity contribution in [3.63, 3.8) is 0 Å². The summed E-state index contributed by atoms with van der Waals surface area (Å²) in [5.41, 5.74) is 0.789. The molecule has 1 saturated heterocycles. The smallest absolute Gasteiger partial charge is 0.127 e. The van der Waals surface area contributed by atoms with Gasteiger partial charge in [0.1, 0.15) is 5.82 Å². The maximum absolute atomic E-state index is 13.5. The summed E-state index contributed by atoms with van der Waals surface area (Å²) < 4.78 is 13.5. The Bertz CT molecular complexity index is 376. The van der Waals surface area contributed by atoms with Crippen LogP contribution in [0, 0.1) is 5.82 Å². The highest BCUT2D eigenvalue weighted by molar-refractivity contribution is 6.20. The van der Waals surface area contributed by atoms with Gasteiger partial charge in [0.15, 0.2) is 0 Å². The van der Waals surface area contributed by atoms with Crippen LogP contribution in [0.25, 0.3) is 0 Å². The van der Waals surface area contributed by atoms with Crippen molar-refractivity contribution in [3.8, 4) is 0 Å². The Labute approximate surface area is 113 Å². The first-order chi connectivity index (χ1) is 8.65. The lowest BCUT2D eigenvalue weighted by Gasteiger charge is -2.35. The van der Waals surface area contributed by atoms with E-state index in [-0.39, 0.29) is 11.2 Å². The molecule has 1 aliphatic rings. The van der Waals surface area contributed by atoms with Crippen molar-refractivity contribution in [3.05, 3.63) is 35.6 Å². The van der Waals surface area contributed by atoms with Gasteiger partial charge in [0.2, 0.25) is 0 Å². The van der Waals surface area contributed by atoms with Gasteiger partial charge in [0.05, 0.1) is 0 Å². The standard InChI is InChI=1S/C14H20ClFN2/c1-12(15)10-17-6-8-18(9-7-17)11-13-4-2-3-5-14(13)16/h2-5,12H,6-11H2,1H3. The maximum atomic E-state index is 13.5. The molecule has 1 heterocycles. The van der Waals surface area contributed by atoms with E-state index in [4.69, 9.17) is 11.6 Å². The molecule has 2 nitrogen and oxygen atoms in total. The van der Waals surface area contributed by atoms with Gasteiger partial charge in [-0.05, 0) is 13.0 Å². The minimum atomic E-state index is -0.102. The number of hydrogen-bond donors (Lipinski definition) is 0. The Morgan fingerprint density at radius 2 is 1.78 bits per heavy atom. The first-order valence-electron chi connectivity index (χ1n) is 6.47. The molecule has 1 atom stereocenters. The minimum absolute atomic E-state index is 0.102. The Kier molecular flexibility index (Phi) is 4.98. The molecular weight excluding hydrogens is 251 g/mol. The zero-order valence-electron chi connectivity index (χ0n) is 10.8. The van der Waals surface area contributed by atoms with Crippen molar-refractivity contribution in [2.75, 3.05) is 32.7 Å². The number of hydrogen-bond acceptors (Lipinski definition) is 2. The van der Waals surface area contributed by atoms with Crippen molar-refractivity contribution < 1.29 is 4.39 Å². The maximum Gasteiger partial charge on any atom is 0.127 e. The van der Waals surface area contributed by atoms with E-state index in [1.54, 1.807) is 6.07 Å². The lowest BCUT2D eigenvalue weighted by molar-refractivity contribution is 0.127. The monoisotopic (exact) mass is 270 g/mol. The van der Waals surface area contributed by atoms with Crippen LogP contribution in [0.5, 0.6) is 0 Å². The van der Waals surface area contributed by atoms with E-state index in [1.165, 1.54) is 6.07 Å². The molecule has 1 aromatic carbocycles. The Morgan fingerprint density at radius 3 is 2.39 bits per heavy atom. The lowest BCUT2D eigenvalue weighted by atomic mass is 10.2. The van der Waals surface area contributed by atoms with Crippen molar-refractivity contribution in [2.24, 2.45) is 0 Å². The lowest BCUT2D eigenvalue weighted by Crippen LogP contribution is -2.47. The van der Waals surface area contributed by atoms with Crippen molar-refractivity contribution in [1.82, 2.24) is 9.80 Å². The fraction of sp³-hybridized carbons (Fsp3) is 0.571. The third-order valence-corrected chi connectivity index (χ3v) is 3.46. The summed E-state index contributed by atoms with van der Waals surface area (Å²) in [6.07, 6.45) is 0. The second-order valence-corrected chi connectivity index (χ2v) is 5.69. The molecule has 4 heteroatoms. The molecule has 0 N–H and O–H groups in total. The molecule has 1 aromatic rings. The zero-order chi connectivity index (χ0) is 13.0. The molecule has 2 rings (SSSR count). The SMILES string of the molecule is CC(Cl)CN1CCN(Cc2ccccc2F)CC1. The minimum Gasteiger partial charge on any atom is -0.299 e. The van der Waals surface area contributed by atoms with Crippen LogP contribution in [0.2, 0.25) is 0 Å². The van der Waals surface area contributed by atoms with Gasteiger partial charge in [-0.15, -0.1) is 11.6 Å². The van der Waals surface area contributed by atoms with Crippen molar-refractivity contribution >= 4 is 11.6 Å². The molecule has 0 aliphatic carbocycles. The fourth-order valence-electron chi connectivity index (χ4n) is 2.35. The second kappa shape index (κ2) is 6.50. The Morgan fingerprint density at radius 1 is 1.17 bits per heavy atom. The number of alkyl halides is 1. The molecule has 0 saturated carbocycles. The number of piperazine rings is 1. The normalized spacial score (nSPS) is 19.9. The van der Waals surface area contributed by atoms with Crippen LogP contribution in [0.15, 0.2) is 24.3 Å². The largest absolute Gasteiger partial charge is 0.299 e. The first kappa shape index (κ1) is 13.8. The van der Waals surface area contributed by atoms with Crippen LogP contribution in [0.1, 0.15) is 12.5 Å². The highest BCUT2D eigenvalue weighted by Crippen LogP contribution is 2.12. The topological polar surface area (TPSA) is 6.48 Å². The molecule has 1 unspecified atom stereocenters. The molecular formula is C14H20ClFN2. The molecule has 100 valence electrons. The van der Waals surface area contributed by atoms with E-state index in [9.17, 15) is 4.39 Å². The first-order valence-corrected chi connectivity index (χ1v) is 6.91. The molecule has 0 spiro atoms. The molecule has 0 aromatic heterocycles. The predicted molar refractivity (Wildman–Crippen MR) is 73.4 cm³/mol. The van der Waals surface area contributed by atoms with Crippen molar-refractivity contribution in [2.45, 2.75) is 18.8 Å². The highest BCUT2D eigenvalue weighted by atomic mass is 35.5. The van der Waals surface area contributed by atoms with Crippen LogP contribution in [0.3, 0.4) is 0 Å². The highest BCUT2D eigenvalue weighted by Gasteiger charge is 2.18. The number of halogens is 2. The van der Waals surface area contributed by atoms with Gasteiger partial charge >= 0.3 is 0 Å². The van der Waals surface area contributed by atoms with Crippen LogP contribution < -0.4 is 0 Å². The van der Waals surface area contributed by atoms with E-state index in [0.29, 0.717) is 6.54 Å².